The van der Waals surface area contributed by atoms with E-state index in [0.29, 0.717) is 18.3 Å². The van der Waals surface area contributed by atoms with Gasteiger partial charge in [0.05, 0.1) is 12.2 Å². The summed E-state index contributed by atoms with van der Waals surface area (Å²) in [6, 6.07) is 12.0. The Bertz CT molecular complexity index is 640. The Hall–Kier alpha value is -2.56. The average molecular weight is 254 g/mol. The fraction of sp³-hybridized carbons (Fsp3) is 0.143. The van der Waals surface area contributed by atoms with E-state index >= 15 is 0 Å². The van der Waals surface area contributed by atoms with Gasteiger partial charge in [-0.25, -0.2) is 0 Å². The standard InChI is InChI=1S/C14H14N4O/c1-10-4-6-11(7-5-10)16-9-13-17-14(18-19-13)12-3-2-8-15-12/h2-8,15-16H,9H2,1H3. The lowest BCUT2D eigenvalue weighted by Crippen LogP contribution is -1.99. The minimum Gasteiger partial charge on any atom is -0.376 e. The van der Waals surface area contributed by atoms with Gasteiger partial charge in [0.1, 0.15) is 0 Å². The number of rotatable bonds is 4. The molecule has 0 aliphatic carbocycles. The molecule has 0 saturated carbocycles. The molecule has 0 saturated heterocycles. The fourth-order valence-electron chi connectivity index (χ4n) is 1.75. The molecule has 0 spiro atoms. The average Bonchev–Trinajstić information content (AvgIpc) is 3.09. The Morgan fingerprint density at radius 1 is 1.21 bits per heavy atom. The number of benzene rings is 1. The van der Waals surface area contributed by atoms with Crippen LogP contribution >= 0.6 is 0 Å². The summed E-state index contributed by atoms with van der Waals surface area (Å²) in [6.07, 6.45) is 1.83. The maximum atomic E-state index is 5.19. The summed E-state index contributed by atoms with van der Waals surface area (Å²) in [5.41, 5.74) is 3.12. The number of H-pyrrole nitrogens is 1. The van der Waals surface area contributed by atoms with E-state index in [1.54, 1.807) is 0 Å². The maximum Gasteiger partial charge on any atom is 0.246 e. The van der Waals surface area contributed by atoms with Crippen molar-refractivity contribution in [1.29, 1.82) is 0 Å². The van der Waals surface area contributed by atoms with Crippen molar-refractivity contribution in [3.63, 3.8) is 0 Å². The minimum absolute atomic E-state index is 0.511. The van der Waals surface area contributed by atoms with Crippen LogP contribution in [-0.2, 0) is 6.54 Å². The molecule has 0 atom stereocenters. The second-order valence-corrected chi connectivity index (χ2v) is 4.32. The van der Waals surface area contributed by atoms with Crippen LogP contribution in [0.3, 0.4) is 0 Å². The topological polar surface area (TPSA) is 66.7 Å². The summed E-state index contributed by atoms with van der Waals surface area (Å²) in [7, 11) is 0. The van der Waals surface area contributed by atoms with Crippen molar-refractivity contribution in [1.82, 2.24) is 15.1 Å². The molecule has 0 aliphatic heterocycles. The number of nitrogens with one attached hydrogen (secondary N) is 2. The zero-order valence-corrected chi connectivity index (χ0v) is 10.6. The number of hydrogen-bond acceptors (Lipinski definition) is 4. The van der Waals surface area contributed by atoms with Crippen molar-refractivity contribution in [2.45, 2.75) is 13.5 Å². The van der Waals surface area contributed by atoms with Crippen LogP contribution in [0.5, 0.6) is 0 Å². The first-order valence-electron chi connectivity index (χ1n) is 6.08. The third-order valence-electron chi connectivity index (χ3n) is 2.80. The minimum atomic E-state index is 0.511. The quantitative estimate of drug-likeness (QED) is 0.751. The first kappa shape index (κ1) is 11.5. The molecule has 5 nitrogen and oxygen atoms in total. The highest BCUT2D eigenvalue weighted by atomic mass is 16.5. The van der Waals surface area contributed by atoms with E-state index in [4.69, 9.17) is 4.52 Å². The van der Waals surface area contributed by atoms with E-state index in [2.05, 4.69) is 39.5 Å². The van der Waals surface area contributed by atoms with Crippen LogP contribution < -0.4 is 5.32 Å². The number of aromatic amines is 1. The molecule has 0 radical (unpaired) electrons. The molecule has 19 heavy (non-hydrogen) atoms. The highest BCUT2D eigenvalue weighted by molar-refractivity contribution is 5.48. The summed E-state index contributed by atoms with van der Waals surface area (Å²) < 4.78 is 5.19. The summed E-state index contributed by atoms with van der Waals surface area (Å²) in [5.74, 6) is 1.14. The Kier molecular flexibility index (Phi) is 3.02. The number of anilines is 1. The third-order valence-corrected chi connectivity index (χ3v) is 2.80. The van der Waals surface area contributed by atoms with Gasteiger partial charge in [0.2, 0.25) is 11.7 Å². The summed E-state index contributed by atoms with van der Waals surface area (Å²) in [6.45, 7) is 2.57. The molecule has 3 rings (SSSR count). The molecule has 0 unspecified atom stereocenters. The van der Waals surface area contributed by atoms with Crippen LogP contribution in [-0.4, -0.2) is 15.1 Å². The Balaban J connectivity index is 1.66. The van der Waals surface area contributed by atoms with Gasteiger partial charge in [-0.3, -0.25) is 0 Å². The molecule has 0 amide bonds. The highest BCUT2D eigenvalue weighted by Crippen LogP contribution is 2.14. The van der Waals surface area contributed by atoms with Crippen molar-refractivity contribution >= 4 is 5.69 Å². The SMILES string of the molecule is Cc1ccc(NCc2nc(-c3ccc[nH]3)no2)cc1. The van der Waals surface area contributed by atoms with Crippen LogP contribution in [0.25, 0.3) is 11.5 Å². The first-order valence-corrected chi connectivity index (χ1v) is 6.08. The zero-order chi connectivity index (χ0) is 13.1. The molecular weight excluding hydrogens is 240 g/mol. The summed E-state index contributed by atoms with van der Waals surface area (Å²) >= 11 is 0. The van der Waals surface area contributed by atoms with Crippen LogP contribution in [0.2, 0.25) is 0 Å². The second-order valence-electron chi connectivity index (χ2n) is 4.32. The van der Waals surface area contributed by atoms with E-state index in [0.717, 1.165) is 11.4 Å². The van der Waals surface area contributed by atoms with Crippen LogP contribution in [0.4, 0.5) is 5.69 Å². The lowest BCUT2D eigenvalue weighted by Gasteiger charge is -2.02. The van der Waals surface area contributed by atoms with Gasteiger partial charge in [0, 0.05) is 11.9 Å². The molecule has 2 aromatic heterocycles. The molecule has 2 heterocycles. The molecule has 0 fully saturated rings. The number of hydrogen-bond donors (Lipinski definition) is 2. The molecule has 0 bridgehead atoms. The predicted octanol–water partition coefficient (Wildman–Crippen LogP) is 2.99. The first-order chi connectivity index (χ1) is 9.31. The van der Waals surface area contributed by atoms with Gasteiger partial charge < -0.3 is 14.8 Å². The normalized spacial score (nSPS) is 10.6. The lowest BCUT2D eigenvalue weighted by molar-refractivity contribution is 0.384. The zero-order valence-electron chi connectivity index (χ0n) is 10.6. The fourth-order valence-corrected chi connectivity index (χ4v) is 1.75. The Morgan fingerprint density at radius 3 is 2.79 bits per heavy atom. The van der Waals surface area contributed by atoms with Gasteiger partial charge in [0.15, 0.2) is 0 Å². The van der Waals surface area contributed by atoms with E-state index in [-0.39, 0.29) is 0 Å². The van der Waals surface area contributed by atoms with Crippen molar-refractivity contribution < 1.29 is 4.52 Å². The molecule has 3 aromatic rings. The smallest absolute Gasteiger partial charge is 0.246 e. The van der Waals surface area contributed by atoms with E-state index in [1.807, 2.05) is 30.5 Å². The molecule has 0 aliphatic rings. The van der Waals surface area contributed by atoms with Gasteiger partial charge >= 0.3 is 0 Å². The lowest BCUT2D eigenvalue weighted by atomic mass is 10.2. The molecular formula is C14H14N4O. The summed E-state index contributed by atoms with van der Waals surface area (Å²) in [5, 5.41) is 7.17. The van der Waals surface area contributed by atoms with Gasteiger partial charge in [0.25, 0.3) is 0 Å². The van der Waals surface area contributed by atoms with Gasteiger partial charge in [-0.05, 0) is 31.2 Å². The highest BCUT2D eigenvalue weighted by Gasteiger charge is 2.08. The molecule has 5 heteroatoms. The Morgan fingerprint density at radius 2 is 2.05 bits per heavy atom. The Labute approximate surface area is 110 Å². The third kappa shape index (κ3) is 2.65. The number of aryl methyl sites for hydroxylation is 1. The van der Waals surface area contributed by atoms with E-state index in [9.17, 15) is 0 Å². The van der Waals surface area contributed by atoms with E-state index < -0.39 is 0 Å². The maximum absolute atomic E-state index is 5.19. The van der Waals surface area contributed by atoms with E-state index in [1.165, 1.54) is 5.56 Å². The predicted molar refractivity (Wildman–Crippen MR) is 72.6 cm³/mol. The van der Waals surface area contributed by atoms with Crippen molar-refractivity contribution in [3.05, 3.63) is 54.0 Å². The van der Waals surface area contributed by atoms with Crippen LogP contribution in [0.1, 0.15) is 11.5 Å². The summed E-state index contributed by atoms with van der Waals surface area (Å²) in [4.78, 5) is 7.36. The van der Waals surface area contributed by atoms with Gasteiger partial charge in [-0.1, -0.05) is 22.9 Å². The monoisotopic (exact) mass is 254 g/mol. The molecule has 96 valence electrons. The number of aromatic nitrogens is 3. The molecule has 1 aromatic carbocycles. The molecule has 2 N–H and O–H groups in total. The number of nitrogens with zero attached hydrogens (tertiary/aromatic N) is 2. The van der Waals surface area contributed by atoms with Gasteiger partial charge in [-0.15, -0.1) is 0 Å². The van der Waals surface area contributed by atoms with Crippen LogP contribution in [0.15, 0.2) is 47.1 Å². The second kappa shape index (κ2) is 4.97. The van der Waals surface area contributed by atoms with Crippen molar-refractivity contribution in [2.75, 3.05) is 5.32 Å². The van der Waals surface area contributed by atoms with Crippen molar-refractivity contribution in [2.24, 2.45) is 0 Å². The van der Waals surface area contributed by atoms with Gasteiger partial charge in [-0.2, -0.15) is 4.98 Å². The van der Waals surface area contributed by atoms with Crippen molar-refractivity contribution in [3.8, 4) is 11.5 Å². The van der Waals surface area contributed by atoms with Crippen LogP contribution in [0, 0.1) is 6.92 Å². The largest absolute Gasteiger partial charge is 0.376 e.